The van der Waals surface area contributed by atoms with Crippen molar-refractivity contribution in [2.45, 2.75) is 32.9 Å². The molecular formula is C14H22N2O2S. The Bertz CT molecular complexity index is 433. The quantitative estimate of drug-likeness (QED) is 0.887. The van der Waals surface area contributed by atoms with Gasteiger partial charge < -0.3 is 15.8 Å². The molecule has 1 aromatic rings. The highest BCUT2D eigenvalue weighted by Crippen LogP contribution is 2.31. The molecule has 1 fully saturated rings. The zero-order valence-corrected chi connectivity index (χ0v) is 12.5. The molecule has 4 nitrogen and oxygen atoms in total. The molecule has 1 aromatic heterocycles. The molecule has 0 bridgehead atoms. The first-order valence-electron chi connectivity index (χ1n) is 6.63. The lowest BCUT2D eigenvalue weighted by atomic mass is 9.84. The molecule has 2 heterocycles. The lowest BCUT2D eigenvalue weighted by Gasteiger charge is -2.30. The molecule has 3 unspecified atom stereocenters. The van der Waals surface area contributed by atoms with Crippen molar-refractivity contribution >= 4 is 17.2 Å². The van der Waals surface area contributed by atoms with Crippen molar-refractivity contribution in [1.29, 1.82) is 0 Å². The molecule has 0 saturated carbocycles. The number of ether oxygens (including phenoxy) is 1. The van der Waals surface area contributed by atoms with Gasteiger partial charge in [-0.2, -0.15) is 0 Å². The van der Waals surface area contributed by atoms with Crippen LogP contribution >= 0.6 is 11.3 Å². The number of thiophene rings is 1. The summed E-state index contributed by atoms with van der Waals surface area (Å²) in [6.45, 7) is 6.95. The van der Waals surface area contributed by atoms with Crippen LogP contribution in [0.1, 0.15) is 31.7 Å². The smallest absolute Gasteiger partial charge is 0.230 e. The summed E-state index contributed by atoms with van der Waals surface area (Å²) in [4.78, 5) is 13.7. The second-order valence-electron chi connectivity index (χ2n) is 5.75. The molecule has 2 rings (SSSR count). The third-order valence-corrected chi connectivity index (χ3v) is 4.79. The topological polar surface area (TPSA) is 64.3 Å². The van der Waals surface area contributed by atoms with E-state index in [-0.39, 0.29) is 18.0 Å². The van der Waals surface area contributed by atoms with Crippen molar-refractivity contribution in [2.75, 3.05) is 13.2 Å². The largest absolute Gasteiger partial charge is 0.379 e. The van der Waals surface area contributed by atoms with Gasteiger partial charge in [-0.1, -0.05) is 19.9 Å². The monoisotopic (exact) mass is 282 g/mol. The van der Waals surface area contributed by atoms with Crippen molar-refractivity contribution in [3.05, 3.63) is 22.4 Å². The lowest BCUT2D eigenvalue weighted by molar-refractivity contribution is -0.131. The maximum atomic E-state index is 12.5. The lowest BCUT2D eigenvalue weighted by Crippen LogP contribution is -2.51. The summed E-state index contributed by atoms with van der Waals surface area (Å²) in [7, 11) is 0. The summed E-state index contributed by atoms with van der Waals surface area (Å²) in [5, 5.41) is 5.17. The Kier molecular flexibility index (Phi) is 4.28. The zero-order valence-electron chi connectivity index (χ0n) is 11.7. The second kappa shape index (κ2) is 5.61. The van der Waals surface area contributed by atoms with E-state index >= 15 is 0 Å². The van der Waals surface area contributed by atoms with Crippen molar-refractivity contribution in [2.24, 2.45) is 17.1 Å². The maximum absolute atomic E-state index is 12.5. The average molecular weight is 282 g/mol. The third kappa shape index (κ3) is 2.83. The second-order valence-corrected chi connectivity index (χ2v) is 6.73. The molecule has 0 aliphatic carbocycles. The van der Waals surface area contributed by atoms with E-state index < -0.39 is 5.41 Å². The van der Waals surface area contributed by atoms with Crippen molar-refractivity contribution in [3.63, 3.8) is 0 Å². The molecule has 1 aliphatic heterocycles. The van der Waals surface area contributed by atoms with E-state index in [1.165, 1.54) is 4.88 Å². The number of amides is 1. The summed E-state index contributed by atoms with van der Waals surface area (Å²) in [6, 6.07) is 3.87. The Balaban J connectivity index is 2.12. The van der Waals surface area contributed by atoms with Crippen LogP contribution in [0, 0.1) is 11.3 Å². The number of rotatable bonds is 4. The minimum Gasteiger partial charge on any atom is -0.379 e. The predicted octanol–water partition coefficient (Wildman–Crippen LogP) is 1.93. The highest BCUT2D eigenvalue weighted by Gasteiger charge is 2.45. The molecule has 1 saturated heterocycles. The van der Waals surface area contributed by atoms with Gasteiger partial charge in [-0.3, -0.25) is 4.79 Å². The van der Waals surface area contributed by atoms with Gasteiger partial charge in [-0.25, -0.2) is 0 Å². The Labute approximate surface area is 118 Å². The van der Waals surface area contributed by atoms with Gasteiger partial charge in [-0.15, -0.1) is 11.3 Å². The van der Waals surface area contributed by atoms with E-state index in [4.69, 9.17) is 10.5 Å². The van der Waals surface area contributed by atoms with Crippen LogP contribution in [-0.4, -0.2) is 25.2 Å². The number of nitrogens with one attached hydrogen (secondary N) is 1. The van der Waals surface area contributed by atoms with Gasteiger partial charge in [0.1, 0.15) is 0 Å². The zero-order chi connectivity index (χ0) is 14.0. The summed E-state index contributed by atoms with van der Waals surface area (Å²) in [6.07, 6.45) is 0. The molecule has 3 atom stereocenters. The normalized spacial score (nSPS) is 28.6. The maximum Gasteiger partial charge on any atom is 0.230 e. The molecule has 106 valence electrons. The molecule has 3 N–H and O–H groups in total. The number of carbonyl (C=O) groups is 1. The standard InChI is InChI=1S/C14H22N2O2S/c1-9(2)12(10-5-4-6-19-10)16-13(17)14(3)8-18-7-11(14)15/h4-6,9,11-12H,7-8,15H2,1-3H3,(H,16,17). The third-order valence-electron chi connectivity index (χ3n) is 3.84. The number of carbonyl (C=O) groups excluding carboxylic acids is 1. The number of hydrogen-bond donors (Lipinski definition) is 2. The fourth-order valence-electron chi connectivity index (χ4n) is 2.26. The highest BCUT2D eigenvalue weighted by atomic mass is 32.1. The fraction of sp³-hybridized carbons (Fsp3) is 0.643. The van der Waals surface area contributed by atoms with Crippen LogP contribution in [0.4, 0.5) is 0 Å². The minimum absolute atomic E-state index is 0.00963. The first-order chi connectivity index (χ1) is 8.95. The van der Waals surface area contributed by atoms with Crippen molar-refractivity contribution in [1.82, 2.24) is 5.32 Å². The van der Waals surface area contributed by atoms with E-state index in [1.807, 2.05) is 18.4 Å². The summed E-state index contributed by atoms with van der Waals surface area (Å²) < 4.78 is 5.34. The molecule has 19 heavy (non-hydrogen) atoms. The van der Waals surface area contributed by atoms with Gasteiger partial charge in [0.2, 0.25) is 5.91 Å². The Hall–Kier alpha value is -0.910. The summed E-state index contributed by atoms with van der Waals surface area (Å²) >= 11 is 1.67. The number of nitrogens with two attached hydrogens (primary N) is 1. The summed E-state index contributed by atoms with van der Waals surface area (Å²) in [5.74, 6) is 0.328. The molecule has 1 aliphatic rings. The highest BCUT2D eigenvalue weighted by molar-refractivity contribution is 7.10. The number of hydrogen-bond acceptors (Lipinski definition) is 4. The van der Waals surface area contributed by atoms with Gasteiger partial charge in [0.25, 0.3) is 0 Å². The van der Waals surface area contributed by atoms with E-state index in [0.717, 1.165) is 0 Å². The van der Waals surface area contributed by atoms with Gasteiger partial charge in [-0.05, 0) is 24.3 Å². The molecule has 0 aromatic carbocycles. The van der Waals surface area contributed by atoms with Crippen LogP contribution in [0.2, 0.25) is 0 Å². The van der Waals surface area contributed by atoms with Crippen LogP contribution in [0.3, 0.4) is 0 Å². The van der Waals surface area contributed by atoms with Gasteiger partial charge in [0, 0.05) is 10.9 Å². The van der Waals surface area contributed by atoms with Crippen LogP contribution in [0.15, 0.2) is 17.5 Å². The Morgan fingerprint density at radius 2 is 2.37 bits per heavy atom. The Morgan fingerprint density at radius 3 is 2.84 bits per heavy atom. The molecule has 0 radical (unpaired) electrons. The SMILES string of the molecule is CC(C)C(NC(=O)C1(C)COCC1N)c1cccs1. The summed E-state index contributed by atoms with van der Waals surface area (Å²) in [5.41, 5.74) is 5.38. The first-order valence-corrected chi connectivity index (χ1v) is 7.51. The van der Waals surface area contributed by atoms with Gasteiger partial charge >= 0.3 is 0 Å². The van der Waals surface area contributed by atoms with Gasteiger partial charge in [0.15, 0.2) is 0 Å². The minimum atomic E-state index is -0.621. The first kappa shape index (κ1) is 14.5. The van der Waals surface area contributed by atoms with Gasteiger partial charge in [0.05, 0.1) is 24.7 Å². The Morgan fingerprint density at radius 1 is 1.63 bits per heavy atom. The van der Waals surface area contributed by atoms with E-state index in [2.05, 4.69) is 25.2 Å². The predicted molar refractivity (Wildman–Crippen MR) is 76.9 cm³/mol. The van der Waals surface area contributed by atoms with Crippen molar-refractivity contribution < 1.29 is 9.53 Å². The van der Waals surface area contributed by atoms with Crippen molar-refractivity contribution in [3.8, 4) is 0 Å². The van der Waals surface area contributed by atoms with E-state index in [0.29, 0.717) is 19.1 Å². The van der Waals surface area contributed by atoms with Crippen LogP contribution < -0.4 is 11.1 Å². The van der Waals surface area contributed by atoms with Crippen LogP contribution in [0.25, 0.3) is 0 Å². The molecule has 5 heteroatoms. The van der Waals surface area contributed by atoms with E-state index in [9.17, 15) is 4.79 Å². The van der Waals surface area contributed by atoms with Crippen LogP contribution in [-0.2, 0) is 9.53 Å². The molecule has 1 amide bonds. The van der Waals surface area contributed by atoms with Crippen LogP contribution in [0.5, 0.6) is 0 Å². The van der Waals surface area contributed by atoms with E-state index in [1.54, 1.807) is 11.3 Å². The fourth-order valence-corrected chi connectivity index (χ4v) is 3.21. The molecular weight excluding hydrogens is 260 g/mol. The average Bonchev–Trinajstić information content (AvgIpc) is 2.97. The molecule has 0 spiro atoms.